The van der Waals surface area contributed by atoms with Crippen molar-refractivity contribution >= 4 is 16.2 Å². The molecule has 0 N–H and O–H groups in total. The standard InChI is InChI=1S/C17H27N7O2S/c1-3-10-22(11-4-2)27(25,26)23-14-12-21(13-15-23)17-18-19-20-24(17)16-8-6-5-7-9-16/h5-9H,3-4,10-15H2,1-2H3. The average Bonchev–Trinajstić information content (AvgIpc) is 3.18. The summed E-state index contributed by atoms with van der Waals surface area (Å²) in [6.45, 7) is 7.07. The smallest absolute Gasteiger partial charge is 0.282 e. The minimum absolute atomic E-state index is 0.425. The third-order valence-corrected chi connectivity index (χ3v) is 6.61. The Morgan fingerprint density at radius 1 is 1.00 bits per heavy atom. The van der Waals surface area contributed by atoms with Crippen LogP contribution in [0.2, 0.25) is 0 Å². The van der Waals surface area contributed by atoms with Crippen LogP contribution in [0.5, 0.6) is 0 Å². The first-order chi connectivity index (χ1) is 13.1. The topological polar surface area (TPSA) is 87.5 Å². The number of nitrogens with zero attached hydrogens (tertiary/aromatic N) is 7. The summed E-state index contributed by atoms with van der Waals surface area (Å²) in [5.41, 5.74) is 0.879. The average molecular weight is 394 g/mol. The molecule has 0 bridgehead atoms. The molecule has 2 heterocycles. The van der Waals surface area contributed by atoms with Crippen LogP contribution in [0, 0.1) is 0 Å². The Balaban J connectivity index is 1.70. The van der Waals surface area contributed by atoms with Gasteiger partial charge >= 0.3 is 0 Å². The summed E-state index contributed by atoms with van der Waals surface area (Å²) >= 11 is 0. The molecule has 0 spiro atoms. The second-order valence-corrected chi connectivity index (χ2v) is 8.45. The number of hydrogen-bond acceptors (Lipinski definition) is 6. The fraction of sp³-hybridized carbons (Fsp3) is 0.588. The second-order valence-electron chi connectivity index (χ2n) is 6.52. The van der Waals surface area contributed by atoms with Gasteiger partial charge in [0.05, 0.1) is 5.69 Å². The summed E-state index contributed by atoms with van der Waals surface area (Å²) in [6.07, 6.45) is 1.62. The van der Waals surface area contributed by atoms with Gasteiger partial charge in [-0.05, 0) is 35.4 Å². The maximum Gasteiger partial charge on any atom is 0.282 e. The normalized spacial score (nSPS) is 16.2. The van der Waals surface area contributed by atoms with Crippen LogP contribution in [0.25, 0.3) is 5.69 Å². The van der Waals surface area contributed by atoms with E-state index < -0.39 is 10.2 Å². The zero-order chi connectivity index (χ0) is 19.3. The van der Waals surface area contributed by atoms with E-state index in [1.807, 2.05) is 49.1 Å². The molecule has 10 heteroatoms. The molecule has 1 saturated heterocycles. The first-order valence-electron chi connectivity index (χ1n) is 9.42. The Labute approximate surface area is 160 Å². The molecule has 1 aliphatic rings. The summed E-state index contributed by atoms with van der Waals surface area (Å²) in [6, 6.07) is 9.68. The van der Waals surface area contributed by atoms with Crippen LogP contribution in [0.15, 0.2) is 30.3 Å². The van der Waals surface area contributed by atoms with E-state index in [1.54, 1.807) is 13.3 Å². The number of hydrogen-bond donors (Lipinski definition) is 0. The molecule has 1 aromatic heterocycles. The van der Waals surface area contributed by atoms with Gasteiger partial charge in [0.15, 0.2) is 0 Å². The SMILES string of the molecule is CCCN(CCC)S(=O)(=O)N1CCN(c2nnnn2-c2ccccc2)CC1. The summed E-state index contributed by atoms with van der Waals surface area (Å²) in [5.74, 6) is 0.636. The predicted molar refractivity (Wildman–Crippen MR) is 104 cm³/mol. The number of anilines is 1. The monoisotopic (exact) mass is 393 g/mol. The van der Waals surface area contributed by atoms with Crippen molar-refractivity contribution in [3.63, 3.8) is 0 Å². The quantitative estimate of drug-likeness (QED) is 0.669. The molecule has 0 atom stereocenters. The number of tetrazole rings is 1. The predicted octanol–water partition coefficient (Wildman–Crippen LogP) is 1.15. The van der Waals surface area contributed by atoms with Crippen LogP contribution in [0.3, 0.4) is 0 Å². The Hall–Kier alpha value is -2.04. The largest absolute Gasteiger partial charge is 0.337 e. The summed E-state index contributed by atoms with van der Waals surface area (Å²) < 4.78 is 30.7. The minimum Gasteiger partial charge on any atom is -0.337 e. The molecule has 1 aromatic carbocycles. The number of rotatable bonds is 8. The van der Waals surface area contributed by atoms with Crippen LogP contribution in [-0.2, 0) is 10.2 Å². The zero-order valence-electron chi connectivity index (χ0n) is 15.9. The molecule has 9 nitrogen and oxygen atoms in total. The Morgan fingerprint density at radius 3 is 2.22 bits per heavy atom. The van der Waals surface area contributed by atoms with Crippen molar-refractivity contribution in [2.24, 2.45) is 0 Å². The number of aromatic nitrogens is 4. The van der Waals surface area contributed by atoms with E-state index in [9.17, 15) is 8.42 Å². The molecule has 1 fully saturated rings. The summed E-state index contributed by atoms with van der Waals surface area (Å²) in [4.78, 5) is 2.03. The lowest BCUT2D eigenvalue weighted by Gasteiger charge is -2.36. The zero-order valence-corrected chi connectivity index (χ0v) is 16.7. The summed E-state index contributed by atoms with van der Waals surface area (Å²) in [7, 11) is -3.42. The van der Waals surface area contributed by atoms with Crippen LogP contribution in [0.1, 0.15) is 26.7 Å². The highest BCUT2D eigenvalue weighted by Crippen LogP contribution is 2.19. The lowest BCUT2D eigenvalue weighted by molar-refractivity contribution is 0.321. The molecule has 0 aliphatic carbocycles. The first kappa shape index (κ1) is 19.7. The third kappa shape index (κ3) is 4.28. The van der Waals surface area contributed by atoms with Gasteiger partial charge in [0.2, 0.25) is 5.95 Å². The van der Waals surface area contributed by atoms with Crippen molar-refractivity contribution in [3.8, 4) is 5.69 Å². The maximum atomic E-state index is 12.9. The Kier molecular flexibility index (Phi) is 6.40. The van der Waals surface area contributed by atoms with Gasteiger partial charge in [-0.1, -0.05) is 37.1 Å². The van der Waals surface area contributed by atoms with Crippen molar-refractivity contribution in [1.82, 2.24) is 28.8 Å². The number of para-hydroxylation sites is 1. The molecule has 27 heavy (non-hydrogen) atoms. The van der Waals surface area contributed by atoms with Crippen LogP contribution >= 0.6 is 0 Å². The Morgan fingerprint density at radius 2 is 1.63 bits per heavy atom. The van der Waals surface area contributed by atoms with Crippen molar-refractivity contribution in [2.45, 2.75) is 26.7 Å². The molecule has 0 radical (unpaired) electrons. The molecule has 1 aliphatic heterocycles. The van der Waals surface area contributed by atoms with Crippen molar-refractivity contribution in [2.75, 3.05) is 44.2 Å². The molecule has 0 amide bonds. The van der Waals surface area contributed by atoms with E-state index in [4.69, 9.17) is 0 Å². The van der Waals surface area contributed by atoms with Gasteiger partial charge in [-0.3, -0.25) is 0 Å². The third-order valence-electron chi connectivity index (χ3n) is 4.57. The van der Waals surface area contributed by atoms with Gasteiger partial charge in [0.25, 0.3) is 10.2 Å². The molecule has 0 saturated carbocycles. The number of benzene rings is 1. The van der Waals surface area contributed by atoms with E-state index in [2.05, 4.69) is 15.5 Å². The molecule has 2 aromatic rings. The molecule has 0 unspecified atom stereocenters. The molecular weight excluding hydrogens is 366 g/mol. The van der Waals surface area contributed by atoms with Gasteiger partial charge in [-0.2, -0.15) is 21.7 Å². The van der Waals surface area contributed by atoms with Crippen LogP contribution < -0.4 is 4.90 Å². The fourth-order valence-corrected chi connectivity index (χ4v) is 5.02. The van der Waals surface area contributed by atoms with Crippen molar-refractivity contribution < 1.29 is 8.42 Å². The highest BCUT2D eigenvalue weighted by Gasteiger charge is 2.32. The lowest BCUT2D eigenvalue weighted by atomic mass is 10.3. The van der Waals surface area contributed by atoms with E-state index in [-0.39, 0.29) is 0 Å². The maximum absolute atomic E-state index is 12.9. The van der Waals surface area contributed by atoms with E-state index in [0.29, 0.717) is 45.2 Å². The van der Waals surface area contributed by atoms with E-state index in [1.165, 1.54) is 0 Å². The van der Waals surface area contributed by atoms with Gasteiger partial charge in [0.1, 0.15) is 0 Å². The number of piperazine rings is 1. The Bertz CT molecular complexity index is 811. The van der Waals surface area contributed by atoms with E-state index >= 15 is 0 Å². The van der Waals surface area contributed by atoms with Gasteiger partial charge in [0, 0.05) is 39.3 Å². The van der Waals surface area contributed by atoms with Gasteiger partial charge in [-0.15, -0.1) is 0 Å². The summed E-state index contributed by atoms with van der Waals surface area (Å²) in [5, 5.41) is 12.0. The van der Waals surface area contributed by atoms with E-state index in [0.717, 1.165) is 18.5 Å². The fourth-order valence-electron chi connectivity index (χ4n) is 3.24. The minimum atomic E-state index is -3.42. The highest BCUT2D eigenvalue weighted by atomic mass is 32.2. The first-order valence-corrected chi connectivity index (χ1v) is 10.8. The van der Waals surface area contributed by atoms with Gasteiger partial charge in [-0.25, -0.2) is 0 Å². The van der Waals surface area contributed by atoms with Crippen molar-refractivity contribution in [1.29, 1.82) is 0 Å². The van der Waals surface area contributed by atoms with Crippen molar-refractivity contribution in [3.05, 3.63) is 30.3 Å². The lowest BCUT2D eigenvalue weighted by Crippen LogP contribution is -2.53. The van der Waals surface area contributed by atoms with Crippen LogP contribution in [-0.4, -0.2) is 76.5 Å². The van der Waals surface area contributed by atoms with Crippen LogP contribution in [0.4, 0.5) is 5.95 Å². The second kappa shape index (κ2) is 8.77. The molecule has 148 valence electrons. The molecular formula is C17H27N7O2S. The molecule has 3 rings (SSSR count). The highest BCUT2D eigenvalue weighted by molar-refractivity contribution is 7.86. The van der Waals surface area contributed by atoms with Gasteiger partial charge < -0.3 is 4.90 Å².